The molecule has 1 unspecified atom stereocenters. The Bertz CT molecular complexity index is 2450. The van der Waals surface area contributed by atoms with E-state index in [2.05, 4.69) is 60.0 Å². The first-order valence-corrected chi connectivity index (χ1v) is 24.0. The van der Waals surface area contributed by atoms with Gasteiger partial charge in [-0.1, -0.05) is 50.6 Å². The number of imide groups is 1. The normalized spacial score (nSPS) is 18.1. The lowest BCUT2D eigenvalue weighted by Crippen LogP contribution is -2.74. The Balaban J connectivity index is 0.698. The number of carbonyl (C=O) groups excluding carboxylic acids is 3. The van der Waals surface area contributed by atoms with Crippen molar-refractivity contribution in [1.82, 2.24) is 25.6 Å². The van der Waals surface area contributed by atoms with Gasteiger partial charge in [-0.15, -0.1) is 5.10 Å². The van der Waals surface area contributed by atoms with Crippen LogP contribution in [0.4, 0.5) is 5.69 Å². The van der Waals surface area contributed by atoms with Crippen molar-refractivity contribution in [2.75, 3.05) is 97.8 Å². The SMILES string of the molecule is CC1(C)[C@H](NC(=O)c2ccc(OCCOCCOCCOCCOCCOCCOCCCCNc3cccc4nnn(C5CCC(=O)NC5=O)c(=O)c34)cc2)C(C)(C)[C@H]1Oc1ccc(C#N)c(Cl)c1. The first-order valence-electron chi connectivity index (χ1n) is 23.6. The number of nitriles is 1. The van der Waals surface area contributed by atoms with Gasteiger partial charge in [-0.05, 0) is 67.8 Å². The van der Waals surface area contributed by atoms with Gasteiger partial charge in [-0.25, -0.2) is 0 Å². The molecule has 3 amide bonds. The maximum atomic E-state index is 13.3. The Morgan fingerprint density at radius 2 is 1.37 bits per heavy atom. The zero-order valence-electron chi connectivity index (χ0n) is 40.3. The molecule has 0 spiro atoms. The summed E-state index contributed by atoms with van der Waals surface area (Å²) in [6.45, 7) is 14.6. The van der Waals surface area contributed by atoms with Gasteiger partial charge in [0, 0.05) is 53.8 Å². The molecule has 1 aliphatic carbocycles. The van der Waals surface area contributed by atoms with E-state index in [0.717, 1.165) is 17.5 Å². The zero-order chi connectivity index (χ0) is 49.9. The van der Waals surface area contributed by atoms with Crippen LogP contribution in [0.5, 0.6) is 11.5 Å². The van der Waals surface area contributed by atoms with Gasteiger partial charge in [0.1, 0.15) is 41.8 Å². The van der Waals surface area contributed by atoms with Crippen LogP contribution in [-0.4, -0.2) is 137 Å². The quantitative estimate of drug-likeness (QED) is 0.0446. The number of carbonyl (C=O) groups is 3. The van der Waals surface area contributed by atoms with Crippen molar-refractivity contribution in [3.63, 3.8) is 0 Å². The third-order valence-electron chi connectivity index (χ3n) is 12.2. The minimum absolute atomic E-state index is 0.132. The first-order chi connectivity index (χ1) is 33.8. The van der Waals surface area contributed by atoms with Crippen molar-refractivity contribution in [2.24, 2.45) is 10.8 Å². The van der Waals surface area contributed by atoms with Crippen LogP contribution >= 0.6 is 11.6 Å². The number of hydrogen-bond acceptors (Lipinski definition) is 16. The molecule has 1 aromatic heterocycles. The van der Waals surface area contributed by atoms with E-state index in [9.17, 15) is 24.4 Å². The fourth-order valence-electron chi connectivity index (χ4n) is 8.85. The van der Waals surface area contributed by atoms with E-state index in [4.69, 9.17) is 49.5 Å². The Hall–Kier alpha value is -5.72. The maximum absolute atomic E-state index is 13.3. The molecule has 4 aromatic rings. The molecule has 0 radical (unpaired) electrons. The lowest BCUT2D eigenvalue weighted by Gasteiger charge is -2.63. The number of unbranched alkanes of at least 4 members (excludes halogenated alkanes) is 1. The second-order valence-electron chi connectivity index (χ2n) is 18.0. The van der Waals surface area contributed by atoms with Gasteiger partial charge in [0.25, 0.3) is 17.4 Å². The van der Waals surface area contributed by atoms with E-state index < -0.39 is 17.5 Å². The smallest absolute Gasteiger partial charge is 0.280 e. The highest BCUT2D eigenvalue weighted by Crippen LogP contribution is 2.55. The van der Waals surface area contributed by atoms with E-state index in [0.29, 0.717) is 137 Å². The van der Waals surface area contributed by atoms with Crippen LogP contribution in [0.15, 0.2) is 65.5 Å². The number of ether oxygens (including phenoxy) is 8. The monoisotopic (exact) mass is 989 g/mol. The number of nitrogens with one attached hydrogen (secondary N) is 3. The van der Waals surface area contributed by atoms with E-state index >= 15 is 0 Å². The van der Waals surface area contributed by atoms with E-state index in [1.807, 2.05) is 0 Å². The second kappa shape index (κ2) is 26.5. The molecular formula is C50H64ClN7O12. The summed E-state index contributed by atoms with van der Waals surface area (Å²) < 4.78 is 46.7. The lowest BCUT2D eigenvalue weighted by molar-refractivity contribution is -0.164. The standard InChI is InChI=1S/C50H64ClN7O12/c1-49(2)47(50(3,4)48(49)70-37-15-12-35(33-52)38(51)32-37)55-44(60)34-10-13-36(14-11-34)69-31-30-68-29-28-67-27-26-66-25-24-65-23-22-64-21-20-63-19-6-5-18-53-39-8-7-9-40-43(39)46(62)58(57-56-40)41-16-17-42(59)54-45(41)61/h7-15,32,41,47-48,53H,5-6,16-31H2,1-4H3,(H,55,60)(H,54,59,61)/t41?,47-,48-. The maximum Gasteiger partial charge on any atom is 0.280 e. The number of rotatable bonds is 30. The van der Waals surface area contributed by atoms with Crippen molar-refractivity contribution in [3.8, 4) is 17.6 Å². The number of anilines is 1. The van der Waals surface area contributed by atoms with Crippen LogP contribution in [0.25, 0.3) is 10.9 Å². The topological polar surface area (TPSA) is 233 Å². The molecule has 70 heavy (non-hydrogen) atoms. The van der Waals surface area contributed by atoms with Crippen LogP contribution in [0.3, 0.4) is 0 Å². The van der Waals surface area contributed by atoms with E-state index in [1.54, 1.807) is 60.7 Å². The number of aromatic nitrogens is 3. The summed E-state index contributed by atoms with van der Waals surface area (Å²) in [4.78, 5) is 50.4. The van der Waals surface area contributed by atoms with Crippen LogP contribution in [0, 0.1) is 22.2 Å². The van der Waals surface area contributed by atoms with Gasteiger partial charge >= 0.3 is 0 Å². The Morgan fingerprint density at radius 1 is 0.786 bits per heavy atom. The van der Waals surface area contributed by atoms with Crippen LogP contribution < -0.4 is 31.0 Å². The highest BCUT2D eigenvalue weighted by molar-refractivity contribution is 6.31. The fourth-order valence-corrected chi connectivity index (χ4v) is 9.06. The third-order valence-corrected chi connectivity index (χ3v) is 12.5. The molecule has 1 atom stereocenters. The second-order valence-corrected chi connectivity index (χ2v) is 18.4. The van der Waals surface area contributed by atoms with Crippen LogP contribution in [0.1, 0.15) is 75.3 Å². The summed E-state index contributed by atoms with van der Waals surface area (Å²) >= 11 is 6.22. The summed E-state index contributed by atoms with van der Waals surface area (Å²) in [7, 11) is 0. The Morgan fingerprint density at radius 3 is 1.96 bits per heavy atom. The highest BCUT2D eigenvalue weighted by atomic mass is 35.5. The van der Waals surface area contributed by atoms with Gasteiger partial charge in [0.2, 0.25) is 5.91 Å². The predicted octanol–water partition coefficient (Wildman–Crippen LogP) is 5.28. The van der Waals surface area contributed by atoms with Gasteiger partial charge in [0.15, 0.2) is 0 Å². The Kier molecular flexibility index (Phi) is 20.3. The molecule has 0 bridgehead atoms. The number of hydrogen-bond donors (Lipinski definition) is 3. The summed E-state index contributed by atoms with van der Waals surface area (Å²) in [5, 5.41) is 26.7. The molecular weight excluding hydrogens is 926 g/mol. The molecule has 2 heterocycles. The largest absolute Gasteiger partial charge is 0.491 e. The van der Waals surface area contributed by atoms with Gasteiger partial charge in [-0.2, -0.15) is 9.94 Å². The molecule has 2 fully saturated rings. The molecule has 1 aliphatic heterocycles. The summed E-state index contributed by atoms with van der Waals surface area (Å²) in [6, 6.07) is 18.3. The first kappa shape index (κ1) is 53.6. The number of amides is 3. The number of piperidine rings is 1. The lowest BCUT2D eigenvalue weighted by atomic mass is 9.49. The average molecular weight is 991 g/mol. The molecule has 1 saturated heterocycles. The van der Waals surface area contributed by atoms with Crippen LogP contribution in [0.2, 0.25) is 5.02 Å². The molecule has 3 aromatic carbocycles. The molecule has 6 rings (SSSR count). The van der Waals surface area contributed by atoms with E-state index in [-0.39, 0.29) is 47.6 Å². The minimum Gasteiger partial charge on any atom is -0.491 e. The molecule has 3 N–H and O–H groups in total. The highest BCUT2D eigenvalue weighted by Gasteiger charge is 2.64. The van der Waals surface area contributed by atoms with Crippen molar-refractivity contribution >= 4 is 45.9 Å². The van der Waals surface area contributed by atoms with Crippen LogP contribution in [-0.2, 0) is 38.0 Å². The number of benzene rings is 3. The van der Waals surface area contributed by atoms with Crippen molar-refractivity contribution < 1.29 is 52.3 Å². The molecule has 2 aliphatic rings. The zero-order valence-corrected chi connectivity index (χ0v) is 41.1. The Labute approximate surface area is 412 Å². The van der Waals surface area contributed by atoms with Gasteiger partial charge < -0.3 is 48.5 Å². The van der Waals surface area contributed by atoms with Crippen molar-refractivity contribution in [1.29, 1.82) is 5.26 Å². The number of nitrogens with zero attached hydrogens (tertiary/aromatic N) is 4. The van der Waals surface area contributed by atoms with Gasteiger partial charge in [-0.3, -0.25) is 24.5 Å². The minimum atomic E-state index is -0.881. The fraction of sp³-hybridized carbons (Fsp3) is 0.540. The summed E-state index contributed by atoms with van der Waals surface area (Å²) in [5.74, 6) is 0.113. The summed E-state index contributed by atoms with van der Waals surface area (Å²) in [6.07, 6.45) is 1.73. The van der Waals surface area contributed by atoms with Crippen molar-refractivity contribution in [3.05, 3.63) is 87.2 Å². The number of halogens is 1. The number of fused-ring (bicyclic) bond motifs is 1. The molecule has 20 heteroatoms. The average Bonchev–Trinajstić information content (AvgIpc) is 3.34. The summed E-state index contributed by atoms with van der Waals surface area (Å²) in [5.41, 5.74) is 0.762. The molecule has 19 nitrogen and oxygen atoms in total. The van der Waals surface area contributed by atoms with Crippen molar-refractivity contribution in [2.45, 2.75) is 71.6 Å². The van der Waals surface area contributed by atoms with Gasteiger partial charge in [0.05, 0.1) is 88.6 Å². The van der Waals surface area contributed by atoms with E-state index in [1.165, 1.54) is 0 Å². The molecule has 378 valence electrons. The third kappa shape index (κ3) is 14.7. The predicted molar refractivity (Wildman–Crippen MR) is 259 cm³/mol. The molecule has 1 saturated carbocycles.